The maximum absolute atomic E-state index is 11.5. The van der Waals surface area contributed by atoms with Crippen molar-refractivity contribution in [1.82, 2.24) is 4.90 Å². The molecule has 112 valence electrons. The minimum absolute atomic E-state index is 0.186. The highest BCUT2D eigenvalue weighted by atomic mass is 16.4. The van der Waals surface area contributed by atoms with Crippen molar-refractivity contribution < 1.29 is 9.90 Å². The molecule has 0 bridgehead atoms. The fourth-order valence-electron chi connectivity index (χ4n) is 3.29. The summed E-state index contributed by atoms with van der Waals surface area (Å²) in [5.74, 6) is -0.190. The molecule has 0 aromatic rings. The van der Waals surface area contributed by atoms with Crippen molar-refractivity contribution in [2.45, 2.75) is 72.4 Å². The van der Waals surface area contributed by atoms with Crippen LogP contribution in [0.25, 0.3) is 0 Å². The van der Waals surface area contributed by atoms with Crippen LogP contribution in [0.5, 0.6) is 0 Å². The van der Waals surface area contributed by atoms with Crippen LogP contribution in [-0.4, -0.2) is 35.1 Å². The van der Waals surface area contributed by atoms with Gasteiger partial charge in [0.15, 0.2) is 0 Å². The first-order valence-electron chi connectivity index (χ1n) is 7.63. The fraction of sp³-hybridized carbons (Fsp3) is 0.938. The molecule has 0 aromatic carbocycles. The van der Waals surface area contributed by atoms with Gasteiger partial charge in [0.05, 0.1) is 5.92 Å². The Morgan fingerprint density at radius 1 is 1.37 bits per heavy atom. The summed E-state index contributed by atoms with van der Waals surface area (Å²) < 4.78 is 0. The minimum atomic E-state index is -0.618. The molecule has 1 fully saturated rings. The van der Waals surface area contributed by atoms with Crippen molar-refractivity contribution in [2.24, 2.45) is 17.3 Å². The minimum Gasteiger partial charge on any atom is -0.481 e. The molecule has 4 atom stereocenters. The zero-order valence-electron chi connectivity index (χ0n) is 13.4. The Kier molecular flexibility index (Phi) is 5.43. The van der Waals surface area contributed by atoms with E-state index in [1.54, 1.807) is 0 Å². The maximum atomic E-state index is 11.5. The Morgan fingerprint density at radius 3 is 2.37 bits per heavy atom. The van der Waals surface area contributed by atoms with Crippen LogP contribution in [0.2, 0.25) is 0 Å². The van der Waals surface area contributed by atoms with Crippen molar-refractivity contribution in [3.63, 3.8) is 0 Å². The lowest BCUT2D eigenvalue weighted by Gasteiger charge is -2.45. The number of carboxylic acids is 1. The summed E-state index contributed by atoms with van der Waals surface area (Å²) in [7, 11) is 2.10. The summed E-state index contributed by atoms with van der Waals surface area (Å²) >= 11 is 0. The molecular weight excluding hydrogens is 238 g/mol. The summed E-state index contributed by atoms with van der Waals surface area (Å²) in [5, 5.41) is 9.47. The molecule has 1 saturated carbocycles. The Balaban J connectivity index is 2.88. The first kappa shape index (κ1) is 16.5. The molecule has 0 aromatic heterocycles. The Morgan fingerprint density at radius 2 is 1.95 bits per heavy atom. The van der Waals surface area contributed by atoms with Crippen LogP contribution in [0.15, 0.2) is 0 Å². The lowest BCUT2D eigenvalue weighted by atomic mass is 9.67. The van der Waals surface area contributed by atoms with Crippen molar-refractivity contribution in [3.8, 4) is 0 Å². The second kappa shape index (κ2) is 6.25. The van der Waals surface area contributed by atoms with Crippen molar-refractivity contribution in [3.05, 3.63) is 0 Å². The average Bonchev–Trinajstić information content (AvgIpc) is 2.34. The number of hydrogen-bond donors (Lipinski definition) is 1. The van der Waals surface area contributed by atoms with Crippen LogP contribution >= 0.6 is 0 Å². The topological polar surface area (TPSA) is 40.5 Å². The molecule has 0 aliphatic heterocycles. The predicted molar refractivity (Wildman–Crippen MR) is 79.2 cm³/mol. The van der Waals surface area contributed by atoms with E-state index < -0.39 is 5.97 Å². The summed E-state index contributed by atoms with van der Waals surface area (Å²) in [5.41, 5.74) is 0.276. The van der Waals surface area contributed by atoms with Gasteiger partial charge >= 0.3 is 5.97 Å². The van der Waals surface area contributed by atoms with Crippen LogP contribution in [-0.2, 0) is 4.79 Å². The van der Waals surface area contributed by atoms with E-state index >= 15 is 0 Å². The Labute approximate surface area is 118 Å². The smallest absolute Gasteiger partial charge is 0.308 e. The van der Waals surface area contributed by atoms with Gasteiger partial charge in [-0.3, -0.25) is 9.69 Å². The highest BCUT2D eigenvalue weighted by Gasteiger charge is 2.41. The standard InChI is InChI=1S/C16H31NO2/c1-7-11(2)17(6)14-10-12(16(3,4)5)8-9-13(14)15(18)19/h11-14H,7-10H2,1-6H3,(H,18,19). The number of aliphatic carboxylic acids is 1. The third-order valence-corrected chi connectivity index (χ3v) is 5.17. The van der Waals surface area contributed by atoms with Gasteiger partial charge in [0, 0.05) is 12.1 Å². The molecule has 1 aliphatic rings. The van der Waals surface area contributed by atoms with Crippen LogP contribution in [0.4, 0.5) is 0 Å². The molecule has 1 aliphatic carbocycles. The molecule has 0 saturated heterocycles. The van der Waals surface area contributed by atoms with Crippen LogP contribution in [0.1, 0.15) is 60.3 Å². The van der Waals surface area contributed by atoms with Crippen molar-refractivity contribution in [1.29, 1.82) is 0 Å². The van der Waals surface area contributed by atoms with E-state index in [1.165, 1.54) is 0 Å². The first-order chi connectivity index (χ1) is 8.68. The number of carboxylic acid groups (broad SMARTS) is 1. The van der Waals surface area contributed by atoms with Crippen molar-refractivity contribution in [2.75, 3.05) is 7.05 Å². The monoisotopic (exact) mass is 269 g/mol. The number of hydrogen-bond acceptors (Lipinski definition) is 2. The van der Waals surface area contributed by atoms with Gasteiger partial charge in [-0.15, -0.1) is 0 Å². The number of nitrogens with zero attached hydrogens (tertiary/aromatic N) is 1. The number of carbonyl (C=O) groups is 1. The van der Waals surface area contributed by atoms with Gasteiger partial charge in [0.2, 0.25) is 0 Å². The summed E-state index contributed by atoms with van der Waals surface area (Å²) in [6, 6.07) is 0.635. The Hall–Kier alpha value is -0.570. The zero-order chi connectivity index (χ0) is 14.8. The third-order valence-electron chi connectivity index (χ3n) is 5.17. The molecule has 1 N–H and O–H groups in total. The molecule has 19 heavy (non-hydrogen) atoms. The molecule has 0 heterocycles. The van der Waals surface area contributed by atoms with E-state index in [-0.39, 0.29) is 17.4 Å². The van der Waals surface area contributed by atoms with E-state index in [1.807, 2.05) is 0 Å². The lowest BCUT2D eigenvalue weighted by molar-refractivity contribution is -0.147. The highest BCUT2D eigenvalue weighted by Crippen LogP contribution is 2.41. The fourth-order valence-corrected chi connectivity index (χ4v) is 3.29. The summed E-state index contributed by atoms with van der Waals surface area (Å²) in [6.45, 7) is 11.2. The third kappa shape index (κ3) is 3.95. The highest BCUT2D eigenvalue weighted by molar-refractivity contribution is 5.71. The van der Waals surface area contributed by atoms with Gasteiger partial charge in [-0.1, -0.05) is 27.7 Å². The number of rotatable bonds is 4. The van der Waals surface area contributed by atoms with Gasteiger partial charge < -0.3 is 5.11 Å². The maximum Gasteiger partial charge on any atom is 0.308 e. The lowest BCUT2D eigenvalue weighted by Crippen LogP contribution is -2.50. The first-order valence-corrected chi connectivity index (χ1v) is 7.63. The molecule has 3 nitrogen and oxygen atoms in total. The van der Waals surface area contributed by atoms with Gasteiger partial charge in [0.1, 0.15) is 0 Å². The molecule has 1 rings (SSSR count). The van der Waals surface area contributed by atoms with E-state index in [2.05, 4.69) is 46.6 Å². The van der Waals surface area contributed by atoms with Crippen molar-refractivity contribution >= 4 is 5.97 Å². The van der Waals surface area contributed by atoms with Gasteiger partial charge in [-0.05, 0) is 51.0 Å². The molecule has 3 heteroatoms. The van der Waals surface area contributed by atoms with E-state index in [4.69, 9.17) is 0 Å². The molecule has 0 radical (unpaired) electrons. The van der Waals surface area contributed by atoms with Gasteiger partial charge in [0.25, 0.3) is 0 Å². The zero-order valence-corrected chi connectivity index (χ0v) is 13.4. The van der Waals surface area contributed by atoms with E-state index in [0.29, 0.717) is 12.0 Å². The second-order valence-electron chi connectivity index (χ2n) is 7.31. The SMILES string of the molecule is CCC(C)N(C)C1CC(C(C)(C)C)CCC1C(=O)O. The molecule has 0 amide bonds. The van der Waals surface area contributed by atoms with Crippen LogP contribution in [0.3, 0.4) is 0 Å². The quantitative estimate of drug-likeness (QED) is 0.847. The molecule has 0 spiro atoms. The average molecular weight is 269 g/mol. The van der Waals surface area contributed by atoms with E-state index in [9.17, 15) is 9.90 Å². The summed E-state index contributed by atoms with van der Waals surface area (Å²) in [6.07, 6.45) is 3.95. The molecule has 4 unspecified atom stereocenters. The normalized spacial score (nSPS) is 30.4. The van der Waals surface area contributed by atoms with E-state index in [0.717, 1.165) is 25.7 Å². The summed E-state index contributed by atoms with van der Waals surface area (Å²) in [4.78, 5) is 13.8. The molecular formula is C16H31NO2. The largest absolute Gasteiger partial charge is 0.481 e. The van der Waals surface area contributed by atoms with Crippen LogP contribution < -0.4 is 0 Å². The van der Waals surface area contributed by atoms with Gasteiger partial charge in [-0.2, -0.15) is 0 Å². The second-order valence-corrected chi connectivity index (χ2v) is 7.31. The predicted octanol–water partition coefficient (Wildman–Crippen LogP) is 3.63. The van der Waals surface area contributed by atoms with Gasteiger partial charge in [-0.25, -0.2) is 0 Å². The Bertz CT molecular complexity index is 308. The van der Waals surface area contributed by atoms with Crippen LogP contribution in [0, 0.1) is 17.3 Å².